The zero-order valence-electron chi connectivity index (χ0n) is 16.2. The Morgan fingerprint density at radius 2 is 2.03 bits per heavy atom. The van der Waals surface area contributed by atoms with Crippen molar-refractivity contribution in [1.29, 1.82) is 0 Å². The van der Waals surface area contributed by atoms with Gasteiger partial charge in [-0.3, -0.25) is 14.9 Å². The molecule has 0 aliphatic rings. The van der Waals surface area contributed by atoms with Gasteiger partial charge in [-0.1, -0.05) is 35.9 Å². The molecule has 9 nitrogen and oxygen atoms in total. The molecular weight excluding hydrogens is 410 g/mol. The van der Waals surface area contributed by atoms with Crippen molar-refractivity contribution in [1.82, 2.24) is 15.2 Å². The minimum Gasteiger partial charge on any atom is -0.477 e. The van der Waals surface area contributed by atoms with Crippen LogP contribution in [0, 0.1) is 24.0 Å². The van der Waals surface area contributed by atoms with Gasteiger partial charge in [0.05, 0.1) is 28.1 Å². The van der Waals surface area contributed by atoms with E-state index in [2.05, 4.69) is 15.6 Å². The van der Waals surface area contributed by atoms with Crippen LogP contribution < -0.4 is 10.2 Å². The van der Waals surface area contributed by atoms with Crippen LogP contribution in [-0.4, -0.2) is 33.4 Å². The molecule has 30 heavy (non-hydrogen) atoms. The number of aromatic nitrogens is 2. The third-order valence-corrected chi connectivity index (χ3v) is 4.47. The third kappa shape index (κ3) is 4.81. The van der Waals surface area contributed by atoms with Crippen molar-refractivity contribution in [3.8, 4) is 11.4 Å². The van der Waals surface area contributed by atoms with E-state index in [0.717, 1.165) is 5.69 Å². The van der Waals surface area contributed by atoms with Gasteiger partial charge in [0, 0.05) is 6.07 Å². The number of benzene rings is 2. The average Bonchev–Trinajstić information content (AvgIpc) is 3.01. The van der Waals surface area contributed by atoms with E-state index in [-0.39, 0.29) is 11.4 Å². The Labute approximate surface area is 177 Å². The van der Waals surface area contributed by atoms with Crippen molar-refractivity contribution in [2.24, 2.45) is 5.10 Å². The number of rotatable bonds is 7. The fourth-order valence-corrected chi connectivity index (χ4v) is 2.96. The lowest BCUT2D eigenvalue weighted by molar-refractivity contribution is -0.385. The number of carbonyl (C=O) groups is 1. The molecule has 0 saturated heterocycles. The van der Waals surface area contributed by atoms with Crippen molar-refractivity contribution >= 4 is 29.4 Å². The van der Waals surface area contributed by atoms with E-state index >= 15 is 0 Å². The molecule has 0 fully saturated rings. The number of nitrogens with one attached hydrogen (secondary N) is 1. The fraction of sp³-hybridized carbons (Fsp3) is 0.150. The molecule has 3 aromatic rings. The van der Waals surface area contributed by atoms with Gasteiger partial charge in [-0.15, -0.1) is 0 Å². The first-order valence-electron chi connectivity index (χ1n) is 8.87. The standard InChI is InChI=1S/C20H18ClN5O4/c1-13-8-9-18(17(10-13)26(28)29)30-12-19(27)23-22-11-16-14(2)24-25(20(16)21)15-6-4-3-5-7-15/h3-11H,12H2,1-2H3,(H,23,27)/b22-11+. The average molecular weight is 428 g/mol. The maximum atomic E-state index is 12.0. The molecule has 0 bridgehead atoms. The second kappa shape index (κ2) is 9.19. The predicted octanol–water partition coefficient (Wildman–Crippen LogP) is 3.58. The van der Waals surface area contributed by atoms with Crippen LogP contribution in [0.15, 0.2) is 53.6 Å². The molecule has 10 heteroatoms. The Morgan fingerprint density at radius 1 is 1.30 bits per heavy atom. The highest BCUT2D eigenvalue weighted by atomic mass is 35.5. The molecule has 0 aliphatic carbocycles. The number of hydrogen-bond donors (Lipinski definition) is 1. The van der Waals surface area contributed by atoms with E-state index in [4.69, 9.17) is 16.3 Å². The van der Waals surface area contributed by atoms with Crippen LogP contribution in [0.3, 0.4) is 0 Å². The predicted molar refractivity (Wildman–Crippen MR) is 112 cm³/mol. The van der Waals surface area contributed by atoms with Crippen molar-refractivity contribution in [2.75, 3.05) is 6.61 Å². The number of nitro groups is 1. The Kier molecular flexibility index (Phi) is 6.43. The molecule has 1 amide bonds. The van der Waals surface area contributed by atoms with Gasteiger partial charge in [0.1, 0.15) is 5.15 Å². The van der Waals surface area contributed by atoms with Crippen LogP contribution in [0.1, 0.15) is 16.8 Å². The van der Waals surface area contributed by atoms with E-state index in [0.29, 0.717) is 22.0 Å². The quantitative estimate of drug-likeness (QED) is 0.352. The summed E-state index contributed by atoms with van der Waals surface area (Å²) >= 11 is 6.39. The molecule has 154 valence electrons. The van der Waals surface area contributed by atoms with Crippen LogP contribution in [0.25, 0.3) is 5.69 Å². The van der Waals surface area contributed by atoms with Gasteiger partial charge in [0.15, 0.2) is 12.4 Å². The van der Waals surface area contributed by atoms with Crippen molar-refractivity contribution < 1.29 is 14.5 Å². The second-order valence-corrected chi connectivity index (χ2v) is 6.71. The molecule has 1 aromatic heterocycles. The molecule has 1 heterocycles. The Hall–Kier alpha value is -3.72. The summed E-state index contributed by atoms with van der Waals surface area (Å²) in [4.78, 5) is 22.5. The SMILES string of the molecule is Cc1ccc(OCC(=O)N/N=C/c2c(C)nn(-c3ccccc3)c2Cl)c([N+](=O)[O-])c1. The van der Waals surface area contributed by atoms with Gasteiger partial charge in [0.2, 0.25) is 0 Å². The molecule has 2 aromatic carbocycles. The molecule has 0 spiro atoms. The van der Waals surface area contributed by atoms with Crippen molar-refractivity contribution in [3.63, 3.8) is 0 Å². The lowest BCUT2D eigenvalue weighted by Crippen LogP contribution is -2.24. The van der Waals surface area contributed by atoms with Gasteiger partial charge in [-0.05, 0) is 37.6 Å². The first-order chi connectivity index (χ1) is 14.4. The molecule has 0 unspecified atom stereocenters. The molecule has 0 radical (unpaired) electrons. The highest BCUT2D eigenvalue weighted by molar-refractivity contribution is 6.32. The number of nitrogens with zero attached hydrogens (tertiary/aromatic N) is 4. The lowest BCUT2D eigenvalue weighted by Gasteiger charge is -2.06. The topological polar surface area (TPSA) is 112 Å². The van der Waals surface area contributed by atoms with E-state index < -0.39 is 17.4 Å². The first kappa shape index (κ1) is 21.0. The molecule has 0 saturated carbocycles. The molecule has 0 atom stereocenters. The van der Waals surface area contributed by atoms with Crippen LogP contribution >= 0.6 is 11.6 Å². The molecular formula is C20H18ClN5O4. The van der Waals surface area contributed by atoms with Gasteiger partial charge in [-0.2, -0.15) is 10.2 Å². The van der Waals surface area contributed by atoms with Gasteiger partial charge >= 0.3 is 5.69 Å². The normalized spacial score (nSPS) is 10.9. The number of halogens is 1. The number of carbonyl (C=O) groups excluding carboxylic acids is 1. The molecule has 1 N–H and O–H groups in total. The maximum absolute atomic E-state index is 12.0. The van der Waals surface area contributed by atoms with E-state index in [1.165, 1.54) is 18.3 Å². The zero-order valence-corrected chi connectivity index (χ0v) is 17.0. The first-order valence-corrected chi connectivity index (χ1v) is 9.25. The lowest BCUT2D eigenvalue weighted by atomic mass is 10.2. The van der Waals surface area contributed by atoms with Gasteiger partial charge in [-0.25, -0.2) is 10.1 Å². The number of hydrogen-bond acceptors (Lipinski definition) is 6. The van der Waals surface area contributed by atoms with Crippen molar-refractivity contribution in [2.45, 2.75) is 13.8 Å². The number of nitro benzene ring substituents is 1. The smallest absolute Gasteiger partial charge is 0.311 e. The summed E-state index contributed by atoms with van der Waals surface area (Å²) in [6.07, 6.45) is 1.39. The number of aryl methyl sites for hydroxylation is 2. The van der Waals surface area contributed by atoms with Crippen LogP contribution in [0.2, 0.25) is 5.15 Å². The number of hydrazone groups is 1. The Morgan fingerprint density at radius 3 is 2.73 bits per heavy atom. The summed E-state index contributed by atoms with van der Waals surface area (Å²) in [6.45, 7) is 3.07. The van der Waals surface area contributed by atoms with Crippen LogP contribution in [0.4, 0.5) is 5.69 Å². The Balaban J connectivity index is 1.63. The minimum absolute atomic E-state index is 0.00718. The van der Waals surface area contributed by atoms with E-state index in [1.54, 1.807) is 24.6 Å². The van der Waals surface area contributed by atoms with E-state index in [9.17, 15) is 14.9 Å². The van der Waals surface area contributed by atoms with Crippen LogP contribution in [0.5, 0.6) is 5.75 Å². The third-order valence-electron chi connectivity index (χ3n) is 4.10. The maximum Gasteiger partial charge on any atom is 0.311 e. The highest BCUT2D eigenvalue weighted by Gasteiger charge is 2.16. The minimum atomic E-state index is -0.578. The summed E-state index contributed by atoms with van der Waals surface area (Å²) in [7, 11) is 0. The summed E-state index contributed by atoms with van der Waals surface area (Å²) in [5, 5.41) is 19.7. The number of amides is 1. The van der Waals surface area contributed by atoms with Crippen LogP contribution in [-0.2, 0) is 4.79 Å². The van der Waals surface area contributed by atoms with E-state index in [1.807, 2.05) is 30.3 Å². The van der Waals surface area contributed by atoms with Gasteiger partial charge in [0.25, 0.3) is 5.91 Å². The number of para-hydroxylation sites is 1. The second-order valence-electron chi connectivity index (χ2n) is 6.35. The van der Waals surface area contributed by atoms with Crippen molar-refractivity contribution in [3.05, 3.63) is 80.6 Å². The van der Waals surface area contributed by atoms with Gasteiger partial charge < -0.3 is 4.74 Å². The highest BCUT2D eigenvalue weighted by Crippen LogP contribution is 2.27. The molecule has 3 rings (SSSR count). The fourth-order valence-electron chi connectivity index (χ4n) is 2.63. The summed E-state index contributed by atoms with van der Waals surface area (Å²) in [5.41, 5.74) is 4.79. The zero-order chi connectivity index (χ0) is 21.7. The largest absolute Gasteiger partial charge is 0.477 e. The summed E-state index contributed by atoms with van der Waals surface area (Å²) in [6, 6.07) is 13.8. The number of ether oxygens (including phenoxy) is 1. The summed E-state index contributed by atoms with van der Waals surface area (Å²) in [5.74, 6) is -0.571. The Bertz CT molecular complexity index is 1110. The monoisotopic (exact) mass is 427 g/mol. The molecule has 0 aliphatic heterocycles. The summed E-state index contributed by atoms with van der Waals surface area (Å²) < 4.78 is 6.83.